The summed E-state index contributed by atoms with van der Waals surface area (Å²) in [5.74, 6) is 0.0607. The van der Waals surface area contributed by atoms with Crippen molar-refractivity contribution < 1.29 is 10.3 Å². The highest BCUT2D eigenvalue weighted by Crippen LogP contribution is 2.12. The van der Waals surface area contributed by atoms with Crippen LogP contribution in [0, 0.1) is 0 Å². The van der Waals surface area contributed by atoms with Crippen molar-refractivity contribution in [1.82, 2.24) is 0 Å². The van der Waals surface area contributed by atoms with Crippen LogP contribution in [0.25, 0.3) is 0 Å². The monoisotopic (exact) mass is 170 g/mol. The van der Waals surface area contributed by atoms with Crippen LogP contribution in [0.4, 0.5) is 0 Å². The molecule has 0 spiro atoms. The Labute approximate surface area is 71.0 Å². The van der Waals surface area contributed by atoms with E-state index in [1.165, 1.54) is 6.92 Å². The molecule has 0 aliphatic rings. The first kappa shape index (κ1) is 10.2. The molecule has 0 saturated carbocycles. The van der Waals surface area contributed by atoms with Gasteiger partial charge in [-0.15, -0.1) is 12.6 Å². The smallest absolute Gasteiger partial charge is 0.160 e. The van der Waals surface area contributed by atoms with Gasteiger partial charge in [-0.05, 0) is 13.0 Å². The third-order valence-electron chi connectivity index (χ3n) is 1.28. The summed E-state index contributed by atoms with van der Waals surface area (Å²) in [6.45, 7) is 1.54. The minimum atomic E-state index is 0. The van der Waals surface area contributed by atoms with Crippen LogP contribution in [0.15, 0.2) is 29.2 Å². The van der Waals surface area contributed by atoms with Gasteiger partial charge in [-0.25, -0.2) is 0 Å². The van der Waals surface area contributed by atoms with E-state index < -0.39 is 0 Å². The highest BCUT2D eigenvalue weighted by molar-refractivity contribution is 7.80. The van der Waals surface area contributed by atoms with Crippen molar-refractivity contribution in [3.63, 3.8) is 0 Å². The minimum absolute atomic E-state index is 0. The van der Waals surface area contributed by atoms with E-state index in [0.29, 0.717) is 5.56 Å². The maximum absolute atomic E-state index is 10.8. The molecule has 0 saturated heterocycles. The summed E-state index contributed by atoms with van der Waals surface area (Å²) in [6.07, 6.45) is 0. The molecule has 60 valence electrons. The van der Waals surface area contributed by atoms with Gasteiger partial charge in [-0.1, -0.05) is 18.2 Å². The zero-order valence-corrected chi connectivity index (χ0v) is 7.06. The number of hydrogen-bond donors (Lipinski definition) is 1. The Bertz CT molecular complexity index is 258. The normalized spacial score (nSPS) is 8.55. The van der Waals surface area contributed by atoms with Crippen LogP contribution in [-0.4, -0.2) is 11.3 Å². The number of ketones is 1. The zero-order valence-electron chi connectivity index (χ0n) is 6.16. The second-order valence-corrected chi connectivity index (χ2v) is 2.56. The lowest BCUT2D eigenvalue weighted by molar-refractivity contribution is 0.101. The quantitative estimate of drug-likeness (QED) is 0.502. The number of rotatable bonds is 1. The molecular formula is C8H10O2S. The summed E-state index contributed by atoms with van der Waals surface area (Å²) in [7, 11) is 0. The molecule has 0 atom stereocenters. The zero-order chi connectivity index (χ0) is 7.56. The lowest BCUT2D eigenvalue weighted by Gasteiger charge is -1.96. The van der Waals surface area contributed by atoms with Crippen molar-refractivity contribution in [2.45, 2.75) is 11.8 Å². The Morgan fingerprint density at radius 3 is 2.27 bits per heavy atom. The van der Waals surface area contributed by atoms with Crippen LogP contribution >= 0.6 is 12.6 Å². The van der Waals surface area contributed by atoms with Crippen molar-refractivity contribution in [2.24, 2.45) is 0 Å². The fourth-order valence-corrected chi connectivity index (χ4v) is 1.09. The Morgan fingerprint density at radius 2 is 1.91 bits per heavy atom. The number of hydrogen-bond acceptors (Lipinski definition) is 2. The predicted octanol–water partition coefficient (Wildman–Crippen LogP) is 1.35. The van der Waals surface area contributed by atoms with Gasteiger partial charge in [0.2, 0.25) is 0 Å². The topological polar surface area (TPSA) is 48.6 Å². The van der Waals surface area contributed by atoms with Gasteiger partial charge in [0.15, 0.2) is 5.78 Å². The highest BCUT2D eigenvalue weighted by atomic mass is 32.1. The van der Waals surface area contributed by atoms with Crippen molar-refractivity contribution in [3.8, 4) is 0 Å². The largest absolute Gasteiger partial charge is 0.412 e. The Morgan fingerprint density at radius 1 is 1.36 bits per heavy atom. The number of carbonyl (C=O) groups excluding carboxylic acids is 1. The summed E-state index contributed by atoms with van der Waals surface area (Å²) in [5.41, 5.74) is 0.686. The molecule has 0 aliphatic heterocycles. The summed E-state index contributed by atoms with van der Waals surface area (Å²) >= 11 is 4.12. The molecule has 1 rings (SSSR count). The molecular weight excluding hydrogens is 160 g/mol. The lowest BCUT2D eigenvalue weighted by Crippen LogP contribution is -1.91. The summed E-state index contributed by atoms with van der Waals surface area (Å²) in [5, 5.41) is 0. The van der Waals surface area contributed by atoms with Crippen molar-refractivity contribution in [3.05, 3.63) is 29.8 Å². The maximum atomic E-state index is 10.8. The Hall–Kier alpha value is -0.800. The second-order valence-electron chi connectivity index (χ2n) is 2.07. The number of benzene rings is 1. The van der Waals surface area contributed by atoms with E-state index in [9.17, 15) is 4.79 Å². The molecule has 2 nitrogen and oxygen atoms in total. The van der Waals surface area contributed by atoms with E-state index in [2.05, 4.69) is 12.6 Å². The van der Waals surface area contributed by atoms with E-state index in [1.807, 2.05) is 12.1 Å². The average Bonchev–Trinajstić information content (AvgIpc) is 1.88. The van der Waals surface area contributed by atoms with E-state index in [0.717, 1.165) is 4.90 Å². The maximum Gasteiger partial charge on any atom is 0.160 e. The minimum Gasteiger partial charge on any atom is -0.412 e. The molecule has 0 aliphatic carbocycles. The van der Waals surface area contributed by atoms with Crippen LogP contribution < -0.4 is 0 Å². The predicted molar refractivity (Wildman–Crippen MR) is 47.3 cm³/mol. The molecule has 0 heterocycles. The number of thiol groups is 1. The van der Waals surface area contributed by atoms with Gasteiger partial charge < -0.3 is 5.48 Å². The van der Waals surface area contributed by atoms with Gasteiger partial charge in [0.1, 0.15) is 0 Å². The van der Waals surface area contributed by atoms with E-state index >= 15 is 0 Å². The van der Waals surface area contributed by atoms with Crippen LogP contribution in [0.3, 0.4) is 0 Å². The van der Waals surface area contributed by atoms with Gasteiger partial charge in [-0.2, -0.15) is 0 Å². The molecule has 3 heteroatoms. The fraction of sp³-hybridized carbons (Fsp3) is 0.125. The molecule has 0 unspecified atom stereocenters. The molecule has 0 radical (unpaired) electrons. The first-order valence-electron chi connectivity index (χ1n) is 3.01. The molecule has 0 fully saturated rings. The van der Waals surface area contributed by atoms with E-state index in [4.69, 9.17) is 0 Å². The van der Waals surface area contributed by atoms with Crippen LogP contribution in [0.5, 0.6) is 0 Å². The number of carbonyl (C=O) groups is 1. The van der Waals surface area contributed by atoms with Crippen LogP contribution in [0.2, 0.25) is 0 Å². The van der Waals surface area contributed by atoms with Gasteiger partial charge in [-0.3, -0.25) is 4.79 Å². The first-order chi connectivity index (χ1) is 4.72. The highest BCUT2D eigenvalue weighted by Gasteiger charge is 2.00. The molecule has 11 heavy (non-hydrogen) atoms. The lowest BCUT2D eigenvalue weighted by atomic mass is 10.1. The standard InChI is InChI=1S/C8H8OS.H2O/c1-6(9)7-4-2-3-5-8(7)10;/h2-5,10H,1H3;1H2. The summed E-state index contributed by atoms with van der Waals surface area (Å²) < 4.78 is 0. The summed E-state index contributed by atoms with van der Waals surface area (Å²) in [6, 6.07) is 7.26. The SMILES string of the molecule is CC(=O)c1ccccc1S.O. The first-order valence-corrected chi connectivity index (χ1v) is 3.45. The molecule has 0 amide bonds. The molecule has 1 aromatic rings. The molecule has 0 aromatic heterocycles. The van der Waals surface area contributed by atoms with E-state index in [-0.39, 0.29) is 11.3 Å². The fourth-order valence-electron chi connectivity index (χ4n) is 0.771. The second kappa shape index (κ2) is 4.16. The van der Waals surface area contributed by atoms with Crippen LogP contribution in [0.1, 0.15) is 17.3 Å². The van der Waals surface area contributed by atoms with Crippen molar-refractivity contribution in [1.29, 1.82) is 0 Å². The summed E-state index contributed by atoms with van der Waals surface area (Å²) in [4.78, 5) is 11.6. The van der Waals surface area contributed by atoms with Gasteiger partial charge >= 0.3 is 0 Å². The third-order valence-corrected chi connectivity index (χ3v) is 1.67. The van der Waals surface area contributed by atoms with Gasteiger partial charge in [0, 0.05) is 10.5 Å². The van der Waals surface area contributed by atoms with E-state index in [1.54, 1.807) is 12.1 Å². The Balaban J connectivity index is 0.000001000. The Kier molecular flexibility index (Phi) is 3.85. The van der Waals surface area contributed by atoms with Crippen molar-refractivity contribution >= 4 is 18.4 Å². The van der Waals surface area contributed by atoms with Gasteiger partial charge in [0.25, 0.3) is 0 Å². The van der Waals surface area contributed by atoms with Gasteiger partial charge in [0.05, 0.1) is 0 Å². The molecule has 2 N–H and O–H groups in total. The van der Waals surface area contributed by atoms with Crippen LogP contribution in [-0.2, 0) is 0 Å². The average molecular weight is 170 g/mol. The molecule has 0 bridgehead atoms. The number of Topliss-reactive ketones (excluding diaryl/α,β-unsaturated/α-hetero) is 1. The molecule has 1 aromatic carbocycles. The van der Waals surface area contributed by atoms with Crippen molar-refractivity contribution in [2.75, 3.05) is 0 Å². The third kappa shape index (κ3) is 2.37.